The highest BCUT2D eigenvalue weighted by Gasteiger charge is 2.41. The van der Waals surface area contributed by atoms with Gasteiger partial charge < -0.3 is 19.8 Å². The third kappa shape index (κ3) is 1.98. The van der Waals surface area contributed by atoms with Crippen LogP contribution < -0.4 is 14.7 Å². The third-order valence-corrected chi connectivity index (χ3v) is 4.85. The predicted molar refractivity (Wildman–Crippen MR) is 98.2 cm³/mol. The van der Waals surface area contributed by atoms with Crippen LogP contribution in [0.1, 0.15) is 0 Å². The van der Waals surface area contributed by atoms with Gasteiger partial charge >= 0.3 is 0 Å². The van der Waals surface area contributed by atoms with Gasteiger partial charge in [0, 0.05) is 19.8 Å². The van der Waals surface area contributed by atoms with Crippen molar-refractivity contribution in [2.75, 3.05) is 35.3 Å². The van der Waals surface area contributed by atoms with E-state index in [-0.39, 0.29) is 11.9 Å². The molecule has 0 aromatic heterocycles. The van der Waals surface area contributed by atoms with Crippen LogP contribution in [-0.2, 0) is 0 Å². The van der Waals surface area contributed by atoms with Gasteiger partial charge in [0.25, 0.3) is 0 Å². The van der Waals surface area contributed by atoms with Gasteiger partial charge in [-0.2, -0.15) is 0 Å². The molecular formula is C19H20N4O. The van der Waals surface area contributed by atoms with Crippen LogP contribution in [0, 0.1) is 5.41 Å². The fourth-order valence-electron chi connectivity index (χ4n) is 3.67. The summed E-state index contributed by atoms with van der Waals surface area (Å²) >= 11 is 0. The number of aliphatic hydroxyl groups is 1. The number of hydrogen-bond acceptors (Lipinski definition) is 4. The molecule has 0 unspecified atom stereocenters. The van der Waals surface area contributed by atoms with Crippen molar-refractivity contribution in [3.63, 3.8) is 0 Å². The molecule has 0 bridgehead atoms. The van der Waals surface area contributed by atoms with E-state index >= 15 is 0 Å². The number of rotatable bonds is 2. The lowest BCUT2D eigenvalue weighted by molar-refractivity contribution is 0.400. The number of nitrogens with zero attached hydrogens (tertiary/aromatic N) is 3. The smallest absolute Gasteiger partial charge is 0.136 e. The van der Waals surface area contributed by atoms with Gasteiger partial charge in [-0.05, 0) is 24.3 Å². The summed E-state index contributed by atoms with van der Waals surface area (Å²) in [7, 11) is 4.01. The highest BCUT2D eigenvalue weighted by molar-refractivity contribution is 6.12. The minimum atomic E-state index is -0.177. The molecule has 24 heavy (non-hydrogen) atoms. The van der Waals surface area contributed by atoms with Crippen molar-refractivity contribution >= 4 is 22.9 Å². The van der Waals surface area contributed by atoms with Crippen LogP contribution in [0.25, 0.3) is 0 Å². The summed E-state index contributed by atoms with van der Waals surface area (Å²) in [5, 5.41) is 19.2. The zero-order valence-corrected chi connectivity index (χ0v) is 13.8. The molecule has 2 aromatic carbocycles. The van der Waals surface area contributed by atoms with Crippen LogP contribution >= 0.6 is 0 Å². The normalized spacial score (nSPS) is 17.9. The summed E-state index contributed by atoms with van der Waals surface area (Å²) in [6.45, 7) is 0.340. The molecule has 2 N–H and O–H groups in total. The van der Waals surface area contributed by atoms with Crippen molar-refractivity contribution < 1.29 is 5.11 Å². The Morgan fingerprint density at radius 3 is 2.04 bits per heavy atom. The molecule has 2 heterocycles. The standard InChI is InChI=1S/C19H20N4O/c1-21-14-10-6-7-11-15(14)22(2)19(21)17-16(24)12-23(18(17)20)13-8-4-3-5-9-13/h3-11,19-20,24H,12H2,1-2H3. The number of amidine groups is 1. The molecule has 122 valence electrons. The second-order valence-corrected chi connectivity index (χ2v) is 6.21. The molecule has 4 rings (SSSR count). The first-order valence-electron chi connectivity index (χ1n) is 7.98. The molecule has 2 aliphatic rings. The van der Waals surface area contributed by atoms with Gasteiger partial charge in [-0.25, -0.2) is 0 Å². The van der Waals surface area contributed by atoms with E-state index in [2.05, 4.69) is 21.9 Å². The van der Waals surface area contributed by atoms with E-state index in [1.165, 1.54) is 0 Å². The third-order valence-electron chi connectivity index (χ3n) is 4.85. The quantitative estimate of drug-likeness (QED) is 0.892. The predicted octanol–water partition coefficient (Wildman–Crippen LogP) is 3.21. The van der Waals surface area contributed by atoms with E-state index in [1.54, 1.807) is 0 Å². The highest BCUT2D eigenvalue weighted by atomic mass is 16.3. The average Bonchev–Trinajstić information content (AvgIpc) is 3.03. The molecular weight excluding hydrogens is 300 g/mol. The van der Waals surface area contributed by atoms with E-state index in [0.717, 1.165) is 17.1 Å². The lowest BCUT2D eigenvalue weighted by Crippen LogP contribution is -2.44. The van der Waals surface area contributed by atoms with Crippen molar-refractivity contribution in [3.05, 3.63) is 65.9 Å². The minimum absolute atomic E-state index is 0.177. The summed E-state index contributed by atoms with van der Waals surface area (Å²) in [4.78, 5) is 6.07. The second kappa shape index (κ2) is 5.30. The first-order chi connectivity index (χ1) is 11.6. The summed E-state index contributed by atoms with van der Waals surface area (Å²) < 4.78 is 0. The molecule has 2 aliphatic heterocycles. The average molecular weight is 320 g/mol. The Morgan fingerprint density at radius 2 is 1.46 bits per heavy atom. The SMILES string of the molecule is CN1c2ccccc2N(C)C1C1=C(O)CN(c2ccccc2)C1=N. The lowest BCUT2D eigenvalue weighted by atomic mass is 10.1. The molecule has 0 atom stereocenters. The molecule has 0 radical (unpaired) electrons. The molecule has 5 nitrogen and oxygen atoms in total. The molecule has 0 spiro atoms. The zero-order valence-electron chi connectivity index (χ0n) is 13.8. The Kier molecular flexibility index (Phi) is 3.23. The minimum Gasteiger partial charge on any atom is -0.510 e. The maximum atomic E-state index is 10.6. The Balaban J connectivity index is 1.70. The summed E-state index contributed by atoms with van der Waals surface area (Å²) in [5.41, 5.74) is 3.80. The first kappa shape index (κ1) is 14.6. The second-order valence-electron chi connectivity index (χ2n) is 6.21. The fraction of sp³-hybridized carbons (Fsp3) is 0.211. The molecule has 5 heteroatoms. The largest absolute Gasteiger partial charge is 0.510 e. The van der Waals surface area contributed by atoms with E-state index in [1.807, 2.05) is 61.5 Å². The van der Waals surface area contributed by atoms with E-state index in [0.29, 0.717) is 18.0 Å². The van der Waals surface area contributed by atoms with Gasteiger partial charge in [0.05, 0.1) is 23.5 Å². The maximum Gasteiger partial charge on any atom is 0.136 e. The fourth-order valence-corrected chi connectivity index (χ4v) is 3.67. The van der Waals surface area contributed by atoms with E-state index < -0.39 is 0 Å². The number of fused-ring (bicyclic) bond motifs is 1. The molecule has 0 saturated heterocycles. The van der Waals surface area contributed by atoms with Gasteiger partial charge in [0.1, 0.15) is 17.8 Å². The number of likely N-dealkylation sites (N-methyl/N-ethyl adjacent to an activating group) is 2. The van der Waals surface area contributed by atoms with Crippen LogP contribution in [0.4, 0.5) is 17.1 Å². The van der Waals surface area contributed by atoms with Crippen molar-refractivity contribution in [2.45, 2.75) is 6.17 Å². The summed E-state index contributed by atoms with van der Waals surface area (Å²) in [6, 6.07) is 17.9. The van der Waals surface area contributed by atoms with E-state index in [9.17, 15) is 5.11 Å². The van der Waals surface area contributed by atoms with Crippen molar-refractivity contribution in [3.8, 4) is 0 Å². The zero-order chi connectivity index (χ0) is 16.8. The molecule has 0 saturated carbocycles. The molecule has 2 aromatic rings. The molecule has 0 amide bonds. The topological polar surface area (TPSA) is 53.8 Å². The van der Waals surface area contributed by atoms with Gasteiger partial charge in [0.2, 0.25) is 0 Å². The number of nitrogens with one attached hydrogen (secondary N) is 1. The molecule has 0 fully saturated rings. The number of para-hydroxylation sites is 3. The van der Waals surface area contributed by atoms with Crippen LogP contribution in [-0.4, -0.2) is 37.7 Å². The number of anilines is 3. The van der Waals surface area contributed by atoms with Gasteiger partial charge in [-0.1, -0.05) is 30.3 Å². The van der Waals surface area contributed by atoms with Crippen molar-refractivity contribution in [1.82, 2.24) is 0 Å². The van der Waals surface area contributed by atoms with Crippen LogP contribution in [0.15, 0.2) is 65.9 Å². The first-order valence-corrected chi connectivity index (χ1v) is 7.98. The highest BCUT2D eigenvalue weighted by Crippen LogP contribution is 2.41. The maximum absolute atomic E-state index is 10.6. The van der Waals surface area contributed by atoms with E-state index in [4.69, 9.17) is 5.41 Å². The van der Waals surface area contributed by atoms with Gasteiger partial charge in [-0.3, -0.25) is 5.41 Å². The monoisotopic (exact) mass is 320 g/mol. The Labute approximate surface area is 141 Å². The Morgan fingerprint density at radius 1 is 0.917 bits per heavy atom. The van der Waals surface area contributed by atoms with Gasteiger partial charge in [0.15, 0.2) is 0 Å². The number of benzene rings is 2. The van der Waals surface area contributed by atoms with Crippen molar-refractivity contribution in [1.29, 1.82) is 5.41 Å². The van der Waals surface area contributed by atoms with Gasteiger partial charge in [-0.15, -0.1) is 0 Å². The van der Waals surface area contributed by atoms with Crippen molar-refractivity contribution in [2.24, 2.45) is 0 Å². The Hall–Kier alpha value is -2.95. The Bertz CT molecular complexity index is 801. The number of aliphatic hydroxyl groups excluding tert-OH is 1. The summed E-state index contributed by atoms with van der Waals surface area (Å²) in [5.74, 6) is 0.621. The van der Waals surface area contributed by atoms with Crippen LogP contribution in [0.2, 0.25) is 0 Å². The molecule has 0 aliphatic carbocycles. The summed E-state index contributed by atoms with van der Waals surface area (Å²) in [6.07, 6.45) is -0.177. The van der Waals surface area contributed by atoms with Crippen LogP contribution in [0.5, 0.6) is 0 Å². The number of hydrogen-bond donors (Lipinski definition) is 2. The van der Waals surface area contributed by atoms with Crippen LogP contribution in [0.3, 0.4) is 0 Å². The lowest BCUT2D eigenvalue weighted by Gasteiger charge is -2.30.